The Morgan fingerprint density at radius 1 is 1.35 bits per heavy atom. The lowest BCUT2D eigenvalue weighted by molar-refractivity contribution is -0.143. The van der Waals surface area contributed by atoms with Gasteiger partial charge in [0.05, 0.1) is 25.0 Å². The third-order valence-corrected chi connectivity index (χ3v) is 4.92. The second-order valence-corrected chi connectivity index (χ2v) is 6.84. The average Bonchev–Trinajstić information content (AvgIpc) is 3.12. The van der Waals surface area contributed by atoms with Crippen molar-refractivity contribution in [3.63, 3.8) is 0 Å². The number of aromatic nitrogens is 2. The molecule has 0 aliphatic carbocycles. The van der Waals surface area contributed by atoms with E-state index in [1.807, 2.05) is 39.9 Å². The lowest BCUT2D eigenvalue weighted by Crippen LogP contribution is -2.42. The van der Waals surface area contributed by atoms with Gasteiger partial charge in [-0.15, -0.1) is 0 Å². The zero-order valence-electron chi connectivity index (χ0n) is 15.5. The van der Waals surface area contributed by atoms with Crippen molar-refractivity contribution in [3.05, 3.63) is 48.0 Å². The van der Waals surface area contributed by atoms with E-state index in [4.69, 9.17) is 4.74 Å². The third kappa shape index (κ3) is 4.07. The molecule has 1 aliphatic heterocycles. The molecule has 0 radical (unpaired) electrons. The third-order valence-electron chi connectivity index (χ3n) is 4.92. The molecule has 1 aliphatic rings. The van der Waals surface area contributed by atoms with Crippen LogP contribution < -0.4 is 4.74 Å². The van der Waals surface area contributed by atoms with E-state index in [9.17, 15) is 9.90 Å². The molecule has 2 heterocycles. The lowest BCUT2D eigenvalue weighted by Gasteiger charge is -2.34. The van der Waals surface area contributed by atoms with Gasteiger partial charge in [-0.1, -0.05) is 19.1 Å². The summed E-state index contributed by atoms with van der Waals surface area (Å²) in [6.45, 7) is 4.23. The highest BCUT2D eigenvalue weighted by atomic mass is 16.5. The fourth-order valence-electron chi connectivity index (χ4n) is 3.49. The van der Waals surface area contributed by atoms with E-state index in [0.29, 0.717) is 18.7 Å². The van der Waals surface area contributed by atoms with Gasteiger partial charge in [0.1, 0.15) is 11.9 Å². The van der Waals surface area contributed by atoms with Crippen LogP contribution in [-0.2, 0) is 17.9 Å². The normalized spacial score (nSPS) is 18.8. The summed E-state index contributed by atoms with van der Waals surface area (Å²) < 4.78 is 7.13. The number of amides is 1. The smallest absolute Gasteiger partial charge is 0.229 e. The van der Waals surface area contributed by atoms with Gasteiger partial charge in [-0.3, -0.25) is 4.79 Å². The summed E-state index contributed by atoms with van der Waals surface area (Å²) in [7, 11) is 1.64. The molecule has 6 nitrogen and oxygen atoms in total. The average molecular weight is 357 g/mol. The number of aliphatic hydroxyl groups is 1. The van der Waals surface area contributed by atoms with Gasteiger partial charge >= 0.3 is 0 Å². The Kier molecular flexibility index (Phi) is 5.93. The van der Waals surface area contributed by atoms with Crippen molar-refractivity contribution in [2.75, 3.05) is 13.7 Å². The molecule has 1 aromatic heterocycles. The van der Waals surface area contributed by atoms with Crippen molar-refractivity contribution in [1.82, 2.24) is 14.5 Å². The van der Waals surface area contributed by atoms with Crippen LogP contribution in [-0.4, -0.2) is 39.1 Å². The molecule has 140 valence electrons. The first-order valence-electron chi connectivity index (χ1n) is 9.23. The van der Waals surface area contributed by atoms with Crippen molar-refractivity contribution >= 4 is 5.91 Å². The van der Waals surface area contributed by atoms with Gasteiger partial charge in [-0.2, -0.15) is 0 Å². The maximum Gasteiger partial charge on any atom is 0.229 e. The number of aliphatic hydroxyl groups excluding tert-OH is 1. The van der Waals surface area contributed by atoms with Gasteiger partial charge in [0, 0.05) is 25.8 Å². The number of piperidine rings is 1. The first kappa shape index (κ1) is 18.5. The summed E-state index contributed by atoms with van der Waals surface area (Å²) in [5.41, 5.74) is 1.64. The van der Waals surface area contributed by atoms with Gasteiger partial charge in [0.25, 0.3) is 0 Å². The molecule has 2 aromatic rings. The Balaban J connectivity index is 1.67. The fourth-order valence-corrected chi connectivity index (χ4v) is 3.49. The molecule has 1 amide bonds. The van der Waals surface area contributed by atoms with E-state index in [0.717, 1.165) is 37.2 Å². The number of hydrogen-bond acceptors (Lipinski definition) is 4. The Morgan fingerprint density at radius 2 is 2.12 bits per heavy atom. The van der Waals surface area contributed by atoms with Crippen molar-refractivity contribution in [2.45, 2.75) is 45.4 Å². The minimum atomic E-state index is -0.848. The van der Waals surface area contributed by atoms with Crippen LogP contribution in [0.15, 0.2) is 36.8 Å². The Hall–Kier alpha value is -2.34. The second-order valence-electron chi connectivity index (χ2n) is 6.84. The van der Waals surface area contributed by atoms with Crippen LogP contribution in [0.25, 0.3) is 0 Å². The van der Waals surface area contributed by atoms with Crippen LogP contribution in [0, 0.1) is 5.92 Å². The topological polar surface area (TPSA) is 67.6 Å². The number of methoxy groups -OCH3 is 1. The summed E-state index contributed by atoms with van der Waals surface area (Å²) in [6.07, 6.45) is 5.32. The fraction of sp³-hybridized carbons (Fsp3) is 0.500. The van der Waals surface area contributed by atoms with E-state index in [2.05, 4.69) is 11.9 Å². The summed E-state index contributed by atoms with van der Waals surface area (Å²) in [6, 6.07) is 7.74. The number of hydrogen-bond donors (Lipinski definition) is 1. The van der Waals surface area contributed by atoms with Crippen LogP contribution in [0.3, 0.4) is 0 Å². The summed E-state index contributed by atoms with van der Waals surface area (Å²) in [5, 5.41) is 10.7. The number of carbonyl (C=O) groups is 1. The van der Waals surface area contributed by atoms with Gasteiger partial charge < -0.3 is 19.3 Å². The first-order chi connectivity index (χ1) is 12.6. The molecule has 3 rings (SSSR count). The molecule has 1 fully saturated rings. The highest BCUT2D eigenvalue weighted by molar-refractivity contribution is 5.80. The highest BCUT2D eigenvalue weighted by Gasteiger charge is 2.35. The number of ether oxygens (including phenoxy) is 1. The van der Waals surface area contributed by atoms with E-state index in [1.165, 1.54) is 0 Å². The molecule has 1 N–H and O–H groups in total. The minimum Gasteiger partial charge on any atom is -0.497 e. The zero-order chi connectivity index (χ0) is 18.5. The standard InChI is InChI=1S/C20H27N3O3/c1-3-10-22-13-18(21-14-22)19(24)17-5-4-11-23(20(17)25)12-15-6-8-16(26-2)9-7-15/h6-9,13-14,17,19,24H,3-5,10-12H2,1-2H3. The molecule has 2 unspecified atom stereocenters. The van der Waals surface area contributed by atoms with Crippen molar-refractivity contribution in [3.8, 4) is 5.75 Å². The van der Waals surface area contributed by atoms with Gasteiger partial charge in [-0.05, 0) is 37.0 Å². The maximum absolute atomic E-state index is 12.9. The Morgan fingerprint density at radius 3 is 2.81 bits per heavy atom. The Bertz CT molecular complexity index is 726. The SMILES string of the molecule is CCCn1cnc(C(O)C2CCCN(Cc3ccc(OC)cc3)C2=O)c1. The molecular formula is C20H27N3O3. The molecule has 1 saturated heterocycles. The zero-order valence-corrected chi connectivity index (χ0v) is 15.5. The predicted octanol–water partition coefficient (Wildman–Crippen LogP) is 2.77. The van der Waals surface area contributed by atoms with E-state index in [-0.39, 0.29) is 5.91 Å². The van der Waals surface area contributed by atoms with Gasteiger partial charge in [0.15, 0.2) is 0 Å². The van der Waals surface area contributed by atoms with Crippen LogP contribution in [0.1, 0.15) is 43.5 Å². The van der Waals surface area contributed by atoms with Crippen molar-refractivity contribution in [1.29, 1.82) is 0 Å². The first-order valence-corrected chi connectivity index (χ1v) is 9.23. The van der Waals surface area contributed by atoms with Crippen LogP contribution in [0.4, 0.5) is 0 Å². The molecule has 2 atom stereocenters. The quantitative estimate of drug-likeness (QED) is 0.827. The van der Waals surface area contributed by atoms with Crippen LogP contribution in [0.5, 0.6) is 5.75 Å². The van der Waals surface area contributed by atoms with E-state index >= 15 is 0 Å². The highest BCUT2D eigenvalue weighted by Crippen LogP contribution is 2.31. The number of carbonyl (C=O) groups excluding carboxylic acids is 1. The maximum atomic E-state index is 12.9. The molecule has 0 saturated carbocycles. The van der Waals surface area contributed by atoms with Crippen LogP contribution >= 0.6 is 0 Å². The number of rotatable bonds is 7. The Labute approximate surface area is 154 Å². The molecule has 1 aromatic carbocycles. The summed E-state index contributed by atoms with van der Waals surface area (Å²) in [5.74, 6) is 0.381. The molecule has 0 spiro atoms. The number of likely N-dealkylation sites (tertiary alicyclic amines) is 1. The second kappa shape index (κ2) is 8.36. The monoisotopic (exact) mass is 357 g/mol. The molecule has 0 bridgehead atoms. The molecular weight excluding hydrogens is 330 g/mol. The molecule has 26 heavy (non-hydrogen) atoms. The number of nitrogens with zero attached hydrogens (tertiary/aromatic N) is 3. The molecule has 6 heteroatoms. The summed E-state index contributed by atoms with van der Waals surface area (Å²) in [4.78, 5) is 19.0. The minimum absolute atomic E-state index is 0.00427. The number of aryl methyl sites for hydroxylation is 1. The largest absolute Gasteiger partial charge is 0.497 e. The van der Waals surface area contributed by atoms with Gasteiger partial charge in [0.2, 0.25) is 5.91 Å². The number of benzene rings is 1. The van der Waals surface area contributed by atoms with Gasteiger partial charge in [-0.25, -0.2) is 4.98 Å². The van der Waals surface area contributed by atoms with E-state index < -0.39 is 12.0 Å². The predicted molar refractivity (Wildman–Crippen MR) is 98.6 cm³/mol. The van der Waals surface area contributed by atoms with Crippen molar-refractivity contribution in [2.24, 2.45) is 5.92 Å². The summed E-state index contributed by atoms with van der Waals surface area (Å²) >= 11 is 0. The van der Waals surface area contributed by atoms with Crippen LogP contribution in [0.2, 0.25) is 0 Å². The number of imidazole rings is 1. The van der Waals surface area contributed by atoms with Crippen molar-refractivity contribution < 1.29 is 14.6 Å². The lowest BCUT2D eigenvalue weighted by atomic mass is 9.90. The van der Waals surface area contributed by atoms with E-state index in [1.54, 1.807) is 13.4 Å².